The summed E-state index contributed by atoms with van der Waals surface area (Å²) in [4.78, 5) is 10.6. The molecule has 0 spiro atoms. The van der Waals surface area contributed by atoms with E-state index in [0.717, 1.165) is 37.9 Å². The van der Waals surface area contributed by atoms with E-state index >= 15 is 0 Å². The molecule has 2 heterocycles. The zero-order valence-electron chi connectivity index (χ0n) is 11.2. The Labute approximate surface area is 134 Å². The molecule has 0 saturated carbocycles. The molecule has 1 aromatic carbocycles. The van der Waals surface area contributed by atoms with E-state index in [0.29, 0.717) is 0 Å². The first-order valence-electron chi connectivity index (χ1n) is 6.25. The van der Waals surface area contributed by atoms with Crippen molar-refractivity contribution in [2.75, 3.05) is 0 Å². The molecule has 3 rings (SSSR count). The van der Waals surface area contributed by atoms with Gasteiger partial charge in [0, 0.05) is 26.7 Å². The molecule has 0 bridgehead atoms. The van der Waals surface area contributed by atoms with Crippen LogP contribution in [0.4, 0.5) is 0 Å². The normalized spacial score (nSPS) is 10.9. The Balaban J connectivity index is 1.91. The summed E-state index contributed by atoms with van der Waals surface area (Å²) in [7, 11) is 0. The molecular weight excluding hydrogens is 352 g/mol. The van der Waals surface area contributed by atoms with Gasteiger partial charge in [0.05, 0.1) is 21.4 Å². The van der Waals surface area contributed by atoms with E-state index in [1.807, 2.05) is 19.1 Å². The average Bonchev–Trinajstić information content (AvgIpc) is 2.96. The molecule has 0 aliphatic heterocycles. The van der Waals surface area contributed by atoms with E-state index in [2.05, 4.69) is 45.4 Å². The summed E-state index contributed by atoms with van der Waals surface area (Å²) in [6.07, 6.45) is 0.823. The highest BCUT2D eigenvalue weighted by atomic mass is 79.9. The molecule has 2 nitrogen and oxygen atoms in total. The van der Waals surface area contributed by atoms with Crippen LogP contribution in [0.2, 0.25) is 0 Å². The van der Waals surface area contributed by atoms with Crippen LogP contribution in [0.25, 0.3) is 11.3 Å². The largest absolute Gasteiger partial charge is 0.246 e. The molecule has 0 aliphatic rings. The number of nitrogens with zero attached hydrogens (tertiary/aromatic N) is 2. The van der Waals surface area contributed by atoms with Crippen LogP contribution in [0.1, 0.15) is 20.6 Å². The number of aryl methyl sites for hydroxylation is 2. The number of rotatable bonds is 3. The first-order valence-corrected chi connectivity index (χ1v) is 8.74. The Bertz CT molecular complexity index is 746. The third-order valence-electron chi connectivity index (χ3n) is 2.94. The van der Waals surface area contributed by atoms with Gasteiger partial charge in [-0.05, 0) is 26.0 Å². The summed E-state index contributed by atoms with van der Waals surface area (Å²) in [5.41, 5.74) is 3.36. The standard InChI is InChI=1S/C15H13BrN2S2/c1-9-15(11-4-3-5-12(16)6-11)18-14(20-9)7-13-8-19-10(2)17-13/h3-6,8H,7H2,1-2H3. The van der Waals surface area contributed by atoms with Crippen molar-refractivity contribution in [2.24, 2.45) is 0 Å². The smallest absolute Gasteiger partial charge is 0.0995 e. The number of aromatic nitrogens is 2. The molecule has 0 unspecified atom stereocenters. The van der Waals surface area contributed by atoms with Gasteiger partial charge in [0.25, 0.3) is 0 Å². The monoisotopic (exact) mass is 364 g/mol. The Morgan fingerprint density at radius 3 is 2.75 bits per heavy atom. The van der Waals surface area contributed by atoms with Crippen molar-refractivity contribution in [3.63, 3.8) is 0 Å². The highest BCUT2D eigenvalue weighted by Gasteiger charge is 2.11. The minimum atomic E-state index is 0.823. The summed E-state index contributed by atoms with van der Waals surface area (Å²) < 4.78 is 1.08. The zero-order chi connectivity index (χ0) is 14.1. The molecule has 0 atom stereocenters. The van der Waals surface area contributed by atoms with E-state index in [4.69, 9.17) is 4.98 Å². The maximum absolute atomic E-state index is 4.79. The number of hydrogen-bond donors (Lipinski definition) is 0. The van der Waals surface area contributed by atoms with Gasteiger partial charge in [-0.2, -0.15) is 0 Å². The highest BCUT2D eigenvalue weighted by molar-refractivity contribution is 9.10. The van der Waals surface area contributed by atoms with Crippen molar-refractivity contribution in [1.29, 1.82) is 0 Å². The lowest BCUT2D eigenvalue weighted by Crippen LogP contribution is -1.88. The number of hydrogen-bond acceptors (Lipinski definition) is 4. The second-order valence-corrected chi connectivity index (χ2v) is 7.82. The first-order chi connectivity index (χ1) is 9.61. The van der Waals surface area contributed by atoms with E-state index in [1.165, 1.54) is 4.88 Å². The van der Waals surface area contributed by atoms with Gasteiger partial charge in [-0.25, -0.2) is 9.97 Å². The minimum absolute atomic E-state index is 0.823. The molecular formula is C15H13BrN2S2. The van der Waals surface area contributed by atoms with Crippen molar-refractivity contribution in [3.05, 3.63) is 54.7 Å². The van der Waals surface area contributed by atoms with Crippen molar-refractivity contribution < 1.29 is 0 Å². The van der Waals surface area contributed by atoms with Crippen LogP contribution in [0, 0.1) is 13.8 Å². The van der Waals surface area contributed by atoms with Crippen LogP contribution in [0.3, 0.4) is 0 Å². The van der Waals surface area contributed by atoms with E-state index < -0.39 is 0 Å². The number of thiazole rings is 2. The quantitative estimate of drug-likeness (QED) is 0.635. The van der Waals surface area contributed by atoms with Crippen molar-refractivity contribution in [3.8, 4) is 11.3 Å². The topological polar surface area (TPSA) is 25.8 Å². The lowest BCUT2D eigenvalue weighted by molar-refractivity contribution is 1.06. The second kappa shape index (κ2) is 5.76. The van der Waals surface area contributed by atoms with Gasteiger partial charge in [0.15, 0.2) is 0 Å². The van der Waals surface area contributed by atoms with Crippen LogP contribution in [-0.2, 0) is 6.42 Å². The molecule has 3 aromatic rings. The van der Waals surface area contributed by atoms with Crippen LogP contribution >= 0.6 is 38.6 Å². The second-order valence-electron chi connectivity index (χ2n) is 4.56. The fourth-order valence-corrected chi connectivity index (χ4v) is 4.06. The van der Waals surface area contributed by atoms with E-state index in [9.17, 15) is 0 Å². The lowest BCUT2D eigenvalue weighted by atomic mass is 10.1. The fourth-order valence-electron chi connectivity index (χ4n) is 2.07. The summed E-state index contributed by atoms with van der Waals surface area (Å²) in [6, 6.07) is 8.29. The molecule has 0 saturated heterocycles. The van der Waals surface area contributed by atoms with Gasteiger partial charge >= 0.3 is 0 Å². The van der Waals surface area contributed by atoms with E-state index in [-0.39, 0.29) is 0 Å². The first kappa shape index (κ1) is 13.9. The third-order valence-corrected chi connectivity index (χ3v) is 5.22. The summed E-state index contributed by atoms with van der Waals surface area (Å²) in [5.74, 6) is 0. The van der Waals surface area contributed by atoms with Crippen molar-refractivity contribution >= 4 is 38.6 Å². The predicted octanol–water partition coefficient (Wildman–Crippen LogP) is 5.24. The molecule has 0 fully saturated rings. The maximum Gasteiger partial charge on any atom is 0.0995 e. The van der Waals surface area contributed by atoms with Gasteiger partial charge in [0.2, 0.25) is 0 Å². The number of halogens is 1. The third kappa shape index (κ3) is 3.00. The summed E-state index contributed by atoms with van der Waals surface area (Å²) in [6.45, 7) is 4.16. The van der Waals surface area contributed by atoms with E-state index in [1.54, 1.807) is 22.7 Å². The molecule has 0 radical (unpaired) electrons. The molecule has 0 N–H and O–H groups in total. The van der Waals surface area contributed by atoms with Gasteiger partial charge < -0.3 is 0 Å². The Morgan fingerprint density at radius 1 is 1.20 bits per heavy atom. The Morgan fingerprint density at radius 2 is 2.05 bits per heavy atom. The minimum Gasteiger partial charge on any atom is -0.246 e. The van der Waals surface area contributed by atoms with Gasteiger partial charge in [-0.3, -0.25) is 0 Å². The van der Waals surface area contributed by atoms with Crippen LogP contribution in [-0.4, -0.2) is 9.97 Å². The van der Waals surface area contributed by atoms with Crippen LogP contribution < -0.4 is 0 Å². The SMILES string of the molecule is Cc1nc(Cc2nc(-c3cccc(Br)c3)c(C)s2)cs1. The Hall–Kier alpha value is -1.04. The summed E-state index contributed by atoms with van der Waals surface area (Å²) in [5, 5.41) is 4.36. The van der Waals surface area contributed by atoms with Crippen LogP contribution in [0.5, 0.6) is 0 Å². The molecule has 20 heavy (non-hydrogen) atoms. The predicted molar refractivity (Wildman–Crippen MR) is 89.6 cm³/mol. The molecule has 2 aromatic heterocycles. The van der Waals surface area contributed by atoms with Crippen molar-refractivity contribution in [2.45, 2.75) is 20.3 Å². The highest BCUT2D eigenvalue weighted by Crippen LogP contribution is 2.30. The molecule has 0 amide bonds. The van der Waals surface area contributed by atoms with Gasteiger partial charge in [0.1, 0.15) is 0 Å². The maximum atomic E-state index is 4.79. The Kier molecular flexibility index (Phi) is 4.01. The van der Waals surface area contributed by atoms with Crippen molar-refractivity contribution in [1.82, 2.24) is 9.97 Å². The molecule has 102 valence electrons. The van der Waals surface area contributed by atoms with Gasteiger partial charge in [-0.1, -0.05) is 28.1 Å². The molecule has 0 aliphatic carbocycles. The van der Waals surface area contributed by atoms with Crippen LogP contribution in [0.15, 0.2) is 34.1 Å². The summed E-state index contributed by atoms with van der Waals surface area (Å²) >= 11 is 6.96. The number of benzene rings is 1. The molecule has 5 heteroatoms. The lowest BCUT2D eigenvalue weighted by Gasteiger charge is -1.99. The average molecular weight is 365 g/mol. The zero-order valence-corrected chi connectivity index (χ0v) is 14.4. The fraction of sp³-hybridized carbons (Fsp3) is 0.200. The van der Waals surface area contributed by atoms with Gasteiger partial charge in [-0.15, -0.1) is 22.7 Å².